The number of aromatic nitrogens is 2. The molecule has 26 heavy (non-hydrogen) atoms. The summed E-state index contributed by atoms with van der Waals surface area (Å²) in [6.07, 6.45) is 1.52. The second-order valence-corrected chi connectivity index (χ2v) is 5.72. The average Bonchev–Trinajstić information content (AvgIpc) is 2.98. The molecule has 0 saturated carbocycles. The van der Waals surface area contributed by atoms with Gasteiger partial charge in [0.1, 0.15) is 5.82 Å². The Labute approximate surface area is 157 Å². The van der Waals surface area contributed by atoms with Gasteiger partial charge in [-0.15, -0.1) is 12.4 Å². The molecule has 0 aliphatic rings. The Hall–Kier alpha value is -2.70. The third kappa shape index (κ3) is 4.28. The Morgan fingerprint density at radius 3 is 2.62 bits per heavy atom. The molecule has 2 N–H and O–H groups in total. The van der Waals surface area contributed by atoms with Gasteiger partial charge in [-0.3, -0.25) is 4.79 Å². The molecule has 1 aromatic heterocycles. The zero-order valence-electron chi connectivity index (χ0n) is 14.5. The molecule has 0 atom stereocenters. The Balaban J connectivity index is 0.00000243. The first kappa shape index (κ1) is 19.6. The van der Waals surface area contributed by atoms with E-state index in [1.807, 2.05) is 38.2 Å². The average molecular weight is 375 g/mol. The smallest absolute Gasteiger partial charge is 0.259 e. The van der Waals surface area contributed by atoms with Crippen molar-refractivity contribution >= 4 is 24.0 Å². The highest BCUT2D eigenvalue weighted by molar-refractivity contribution is 6.05. The molecule has 1 heterocycles. The largest absolute Gasteiger partial charge is 0.322 e. The second-order valence-electron chi connectivity index (χ2n) is 5.72. The fourth-order valence-electron chi connectivity index (χ4n) is 2.64. The Morgan fingerprint density at radius 1 is 1.19 bits per heavy atom. The van der Waals surface area contributed by atoms with E-state index in [1.54, 1.807) is 16.8 Å². The lowest BCUT2D eigenvalue weighted by molar-refractivity contribution is 0.102. The van der Waals surface area contributed by atoms with Gasteiger partial charge in [0.2, 0.25) is 0 Å². The van der Waals surface area contributed by atoms with Gasteiger partial charge in [0, 0.05) is 12.2 Å². The van der Waals surface area contributed by atoms with Gasteiger partial charge in [-0.1, -0.05) is 12.1 Å². The minimum absolute atomic E-state index is 0. The van der Waals surface area contributed by atoms with Crippen LogP contribution in [0.25, 0.3) is 5.69 Å². The van der Waals surface area contributed by atoms with E-state index < -0.39 is 0 Å². The lowest BCUT2D eigenvalue weighted by Crippen LogP contribution is -2.13. The van der Waals surface area contributed by atoms with Crippen LogP contribution < -0.4 is 10.6 Å². The number of nitrogens with one attached hydrogen (secondary N) is 2. The van der Waals surface area contributed by atoms with Gasteiger partial charge in [0.15, 0.2) is 0 Å². The molecule has 3 aromatic rings. The predicted octanol–water partition coefficient (Wildman–Crippen LogP) is 3.71. The van der Waals surface area contributed by atoms with E-state index in [-0.39, 0.29) is 24.1 Å². The molecular formula is C19H20ClFN4O. The summed E-state index contributed by atoms with van der Waals surface area (Å²) in [6, 6.07) is 13.6. The van der Waals surface area contributed by atoms with Crippen molar-refractivity contribution < 1.29 is 9.18 Å². The van der Waals surface area contributed by atoms with E-state index in [9.17, 15) is 9.18 Å². The van der Waals surface area contributed by atoms with Crippen LogP contribution in [0.3, 0.4) is 0 Å². The summed E-state index contributed by atoms with van der Waals surface area (Å²) >= 11 is 0. The SMILES string of the molecule is CNCc1cccc(NC(=O)c2cnn(-c3ccc(F)cc3)c2C)c1.Cl. The first-order chi connectivity index (χ1) is 12.1. The monoisotopic (exact) mass is 374 g/mol. The number of nitrogens with zero attached hydrogens (tertiary/aromatic N) is 2. The molecule has 0 saturated heterocycles. The molecule has 0 unspecified atom stereocenters. The van der Waals surface area contributed by atoms with Crippen molar-refractivity contribution in [1.29, 1.82) is 0 Å². The third-order valence-corrected chi connectivity index (χ3v) is 3.89. The number of anilines is 1. The normalized spacial score (nSPS) is 10.3. The highest BCUT2D eigenvalue weighted by Gasteiger charge is 2.15. The zero-order valence-corrected chi connectivity index (χ0v) is 15.3. The van der Waals surface area contributed by atoms with E-state index in [4.69, 9.17) is 0 Å². The summed E-state index contributed by atoms with van der Waals surface area (Å²) < 4.78 is 14.7. The molecule has 0 bridgehead atoms. The summed E-state index contributed by atoms with van der Waals surface area (Å²) in [4.78, 5) is 12.6. The van der Waals surface area contributed by atoms with Gasteiger partial charge in [0.05, 0.1) is 23.1 Å². The zero-order chi connectivity index (χ0) is 17.8. The lowest BCUT2D eigenvalue weighted by Gasteiger charge is -2.08. The molecule has 136 valence electrons. The van der Waals surface area contributed by atoms with Crippen LogP contribution in [0.4, 0.5) is 10.1 Å². The van der Waals surface area contributed by atoms with Gasteiger partial charge >= 0.3 is 0 Å². The van der Waals surface area contributed by atoms with E-state index in [2.05, 4.69) is 15.7 Å². The number of amides is 1. The first-order valence-electron chi connectivity index (χ1n) is 7.94. The van der Waals surface area contributed by atoms with Crippen molar-refractivity contribution in [2.24, 2.45) is 0 Å². The Bertz CT molecular complexity index is 893. The number of benzene rings is 2. The van der Waals surface area contributed by atoms with Gasteiger partial charge in [0.25, 0.3) is 5.91 Å². The minimum Gasteiger partial charge on any atom is -0.322 e. The van der Waals surface area contributed by atoms with Gasteiger partial charge in [-0.2, -0.15) is 5.10 Å². The van der Waals surface area contributed by atoms with Crippen LogP contribution in [-0.4, -0.2) is 22.7 Å². The van der Waals surface area contributed by atoms with Crippen LogP contribution in [0.1, 0.15) is 21.6 Å². The van der Waals surface area contributed by atoms with E-state index in [1.165, 1.54) is 18.3 Å². The molecule has 2 aromatic carbocycles. The number of carbonyl (C=O) groups is 1. The van der Waals surface area contributed by atoms with E-state index in [0.29, 0.717) is 16.9 Å². The highest BCUT2D eigenvalue weighted by atomic mass is 35.5. The summed E-state index contributed by atoms with van der Waals surface area (Å²) in [5, 5.41) is 10.2. The van der Waals surface area contributed by atoms with Crippen LogP contribution in [0, 0.1) is 12.7 Å². The minimum atomic E-state index is -0.312. The van der Waals surface area contributed by atoms with Gasteiger partial charge < -0.3 is 10.6 Å². The summed E-state index contributed by atoms with van der Waals surface area (Å²) in [5.41, 5.74) is 3.68. The van der Waals surface area contributed by atoms with Crippen molar-refractivity contribution in [2.75, 3.05) is 12.4 Å². The fourth-order valence-corrected chi connectivity index (χ4v) is 2.64. The Morgan fingerprint density at radius 2 is 1.92 bits per heavy atom. The molecule has 1 amide bonds. The maximum atomic E-state index is 13.1. The van der Waals surface area contributed by atoms with Crippen LogP contribution in [-0.2, 0) is 6.54 Å². The predicted molar refractivity (Wildman–Crippen MR) is 103 cm³/mol. The molecule has 0 aliphatic heterocycles. The first-order valence-corrected chi connectivity index (χ1v) is 7.94. The molecule has 0 fully saturated rings. The standard InChI is InChI=1S/C19H19FN4O.ClH/c1-13-18(12-22-24(13)17-8-6-15(20)7-9-17)19(25)23-16-5-3-4-14(10-16)11-21-2;/h3-10,12,21H,11H2,1-2H3,(H,23,25);1H. The maximum Gasteiger partial charge on any atom is 0.259 e. The van der Waals surface area contributed by atoms with Crippen molar-refractivity contribution in [3.63, 3.8) is 0 Å². The summed E-state index contributed by atoms with van der Waals surface area (Å²) in [6.45, 7) is 2.54. The van der Waals surface area contributed by atoms with Crippen molar-refractivity contribution in [3.05, 3.63) is 77.4 Å². The fraction of sp³-hybridized carbons (Fsp3) is 0.158. The number of carbonyl (C=O) groups excluding carboxylic acids is 1. The molecular weight excluding hydrogens is 355 g/mol. The van der Waals surface area contributed by atoms with Gasteiger partial charge in [-0.25, -0.2) is 9.07 Å². The third-order valence-electron chi connectivity index (χ3n) is 3.89. The number of halogens is 2. The summed E-state index contributed by atoms with van der Waals surface area (Å²) in [7, 11) is 1.87. The highest BCUT2D eigenvalue weighted by Crippen LogP contribution is 2.17. The molecule has 0 radical (unpaired) electrons. The quantitative estimate of drug-likeness (QED) is 0.715. The van der Waals surface area contributed by atoms with E-state index >= 15 is 0 Å². The second kappa shape index (κ2) is 8.60. The Kier molecular flexibility index (Phi) is 6.49. The maximum absolute atomic E-state index is 13.1. The topological polar surface area (TPSA) is 58.9 Å². The van der Waals surface area contributed by atoms with E-state index in [0.717, 1.165) is 17.8 Å². The van der Waals surface area contributed by atoms with Crippen molar-refractivity contribution in [2.45, 2.75) is 13.5 Å². The van der Waals surface area contributed by atoms with Gasteiger partial charge in [-0.05, 0) is 55.9 Å². The van der Waals surface area contributed by atoms with Crippen LogP contribution in [0.2, 0.25) is 0 Å². The van der Waals surface area contributed by atoms with Crippen LogP contribution in [0.15, 0.2) is 54.7 Å². The van der Waals surface area contributed by atoms with Crippen molar-refractivity contribution in [1.82, 2.24) is 15.1 Å². The molecule has 5 nitrogen and oxygen atoms in total. The number of hydrogen-bond donors (Lipinski definition) is 2. The number of rotatable bonds is 5. The molecule has 3 rings (SSSR count). The molecule has 0 aliphatic carbocycles. The lowest BCUT2D eigenvalue weighted by atomic mass is 10.2. The molecule has 0 spiro atoms. The molecule has 7 heteroatoms. The number of hydrogen-bond acceptors (Lipinski definition) is 3. The van der Waals surface area contributed by atoms with Crippen LogP contribution >= 0.6 is 12.4 Å². The summed E-state index contributed by atoms with van der Waals surface area (Å²) in [5.74, 6) is -0.541. The van der Waals surface area contributed by atoms with Crippen LogP contribution in [0.5, 0.6) is 0 Å². The van der Waals surface area contributed by atoms with Crippen molar-refractivity contribution in [3.8, 4) is 5.69 Å².